The molecule has 1 aliphatic heterocycles. The molecule has 1 aromatic carbocycles. The van der Waals surface area contributed by atoms with Crippen molar-refractivity contribution < 1.29 is 9.59 Å². The van der Waals surface area contributed by atoms with Gasteiger partial charge in [0.2, 0.25) is 0 Å². The molecule has 1 saturated heterocycles. The fraction of sp³-hybridized carbons (Fsp3) is 0.200. The predicted octanol–water partition coefficient (Wildman–Crippen LogP) is 2.07. The molecule has 4 rings (SSSR count). The lowest BCUT2D eigenvalue weighted by molar-refractivity contribution is 0.0532. The van der Waals surface area contributed by atoms with Crippen LogP contribution in [0.3, 0.4) is 0 Å². The Kier molecular flexibility index (Phi) is 4.65. The number of H-pyrrole nitrogens is 1. The molecule has 7 heteroatoms. The van der Waals surface area contributed by atoms with E-state index in [1.807, 2.05) is 30.3 Å². The van der Waals surface area contributed by atoms with Crippen molar-refractivity contribution in [1.29, 1.82) is 0 Å². The first-order valence-corrected chi connectivity index (χ1v) is 8.82. The molecule has 1 N–H and O–H groups in total. The summed E-state index contributed by atoms with van der Waals surface area (Å²) < 4.78 is 0. The van der Waals surface area contributed by atoms with E-state index in [1.54, 1.807) is 40.4 Å². The number of pyridine rings is 1. The molecule has 0 aliphatic carbocycles. The van der Waals surface area contributed by atoms with E-state index in [-0.39, 0.29) is 11.8 Å². The molecule has 0 atom stereocenters. The van der Waals surface area contributed by atoms with Gasteiger partial charge >= 0.3 is 0 Å². The number of benzene rings is 1. The summed E-state index contributed by atoms with van der Waals surface area (Å²) in [6.07, 6.45) is 3.21. The second-order valence-electron chi connectivity index (χ2n) is 6.36. The third kappa shape index (κ3) is 3.57. The zero-order valence-electron chi connectivity index (χ0n) is 14.7. The highest BCUT2D eigenvalue weighted by Crippen LogP contribution is 2.18. The van der Waals surface area contributed by atoms with E-state index in [2.05, 4.69) is 15.2 Å². The molecule has 3 heterocycles. The van der Waals surface area contributed by atoms with Crippen molar-refractivity contribution in [3.05, 3.63) is 72.2 Å². The van der Waals surface area contributed by atoms with Crippen LogP contribution in [0.2, 0.25) is 0 Å². The minimum atomic E-state index is -0.0989. The molecule has 0 bridgehead atoms. The van der Waals surface area contributed by atoms with Crippen LogP contribution in [0.5, 0.6) is 0 Å². The lowest BCUT2D eigenvalue weighted by atomic mass is 10.1. The SMILES string of the molecule is O=C(c1cccnc1)N1CCN(C(=O)c2cc(-c3ccccc3)n[nH]2)CC1. The van der Waals surface area contributed by atoms with Crippen LogP contribution in [-0.4, -0.2) is 63.0 Å². The second-order valence-corrected chi connectivity index (χ2v) is 6.36. The summed E-state index contributed by atoms with van der Waals surface area (Å²) in [5, 5.41) is 7.07. The smallest absolute Gasteiger partial charge is 0.272 e. The molecule has 0 radical (unpaired) electrons. The summed E-state index contributed by atoms with van der Waals surface area (Å²) in [5.74, 6) is -0.152. The van der Waals surface area contributed by atoms with Crippen LogP contribution in [0.4, 0.5) is 0 Å². The van der Waals surface area contributed by atoms with Crippen molar-refractivity contribution in [2.75, 3.05) is 26.2 Å². The highest BCUT2D eigenvalue weighted by Gasteiger charge is 2.26. The Morgan fingerprint density at radius 2 is 1.59 bits per heavy atom. The molecule has 27 heavy (non-hydrogen) atoms. The number of hydrogen-bond donors (Lipinski definition) is 1. The summed E-state index contributed by atoms with van der Waals surface area (Å²) >= 11 is 0. The molecule has 1 fully saturated rings. The van der Waals surface area contributed by atoms with Crippen molar-refractivity contribution in [2.45, 2.75) is 0 Å². The molecule has 7 nitrogen and oxygen atoms in total. The Bertz CT molecular complexity index is 931. The van der Waals surface area contributed by atoms with E-state index >= 15 is 0 Å². The summed E-state index contributed by atoms with van der Waals surface area (Å²) in [5.41, 5.74) is 2.73. The van der Waals surface area contributed by atoms with E-state index in [0.717, 1.165) is 11.3 Å². The van der Waals surface area contributed by atoms with Crippen LogP contribution in [-0.2, 0) is 0 Å². The molecule has 0 saturated carbocycles. The number of aromatic amines is 1. The molecule has 3 aromatic rings. The van der Waals surface area contributed by atoms with Gasteiger partial charge in [-0.2, -0.15) is 5.10 Å². The van der Waals surface area contributed by atoms with Gasteiger partial charge in [-0.15, -0.1) is 0 Å². The standard InChI is InChI=1S/C20H19N5O2/c26-19(16-7-4-8-21-14-16)24-9-11-25(12-10-24)20(27)18-13-17(22-23-18)15-5-2-1-3-6-15/h1-8,13-14H,9-12H2,(H,22,23). The monoisotopic (exact) mass is 361 g/mol. The van der Waals surface area contributed by atoms with Gasteiger partial charge in [0.05, 0.1) is 11.3 Å². The zero-order chi connectivity index (χ0) is 18.6. The molecular weight excluding hydrogens is 342 g/mol. The van der Waals surface area contributed by atoms with Crippen molar-refractivity contribution in [3.63, 3.8) is 0 Å². The summed E-state index contributed by atoms with van der Waals surface area (Å²) in [4.78, 5) is 32.7. The minimum absolute atomic E-state index is 0.0527. The van der Waals surface area contributed by atoms with Gasteiger partial charge in [-0.25, -0.2) is 0 Å². The fourth-order valence-corrected chi connectivity index (χ4v) is 3.14. The van der Waals surface area contributed by atoms with Gasteiger partial charge in [0.1, 0.15) is 5.69 Å². The summed E-state index contributed by atoms with van der Waals surface area (Å²) in [6.45, 7) is 1.98. The van der Waals surface area contributed by atoms with Crippen LogP contribution in [0.15, 0.2) is 60.9 Å². The van der Waals surface area contributed by atoms with Crippen LogP contribution < -0.4 is 0 Å². The second kappa shape index (κ2) is 7.41. The molecule has 2 amide bonds. The van der Waals surface area contributed by atoms with E-state index in [1.165, 1.54) is 0 Å². The van der Waals surface area contributed by atoms with Gasteiger partial charge < -0.3 is 9.80 Å². The molecular formula is C20H19N5O2. The van der Waals surface area contributed by atoms with E-state index in [4.69, 9.17) is 0 Å². The summed E-state index contributed by atoms with van der Waals surface area (Å²) in [7, 11) is 0. The van der Waals surface area contributed by atoms with Gasteiger partial charge in [-0.1, -0.05) is 30.3 Å². The minimum Gasteiger partial charge on any atom is -0.335 e. The number of nitrogens with zero attached hydrogens (tertiary/aromatic N) is 4. The fourth-order valence-electron chi connectivity index (χ4n) is 3.14. The first kappa shape index (κ1) is 17.0. The number of rotatable bonds is 3. The average Bonchev–Trinajstić information content (AvgIpc) is 3.24. The lowest BCUT2D eigenvalue weighted by Gasteiger charge is -2.34. The number of carbonyl (C=O) groups excluding carboxylic acids is 2. The van der Waals surface area contributed by atoms with E-state index in [0.29, 0.717) is 37.4 Å². The molecule has 136 valence electrons. The number of hydrogen-bond acceptors (Lipinski definition) is 4. The average molecular weight is 361 g/mol. The van der Waals surface area contributed by atoms with Crippen LogP contribution in [0.1, 0.15) is 20.8 Å². The highest BCUT2D eigenvalue weighted by molar-refractivity contribution is 5.95. The Morgan fingerprint density at radius 1 is 0.889 bits per heavy atom. The number of piperazine rings is 1. The van der Waals surface area contributed by atoms with Crippen molar-refractivity contribution in [3.8, 4) is 11.3 Å². The number of nitrogens with one attached hydrogen (secondary N) is 1. The number of amides is 2. The number of aromatic nitrogens is 3. The van der Waals surface area contributed by atoms with Gasteiger partial charge in [-0.05, 0) is 18.2 Å². The largest absolute Gasteiger partial charge is 0.335 e. The van der Waals surface area contributed by atoms with Crippen LogP contribution >= 0.6 is 0 Å². The molecule has 2 aromatic heterocycles. The Morgan fingerprint density at radius 3 is 2.26 bits per heavy atom. The van der Waals surface area contributed by atoms with Gasteiger partial charge in [0.25, 0.3) is 11.8 Å². The van der Waals surface area contributed by atoms with Crippen molar-refractivity contribution in [2.24, 2.45) is 0 Å². The predicted molar refractivity (Wildman–Crippen MR) is 100 cm³/mol. The lowest BCUT2D eigenvalue weighted by Crippen LogP contribution is -2.50. The zero-order valence-corrected chi connectivity index (χ0v) is 14.7. The molecule has 1 aliphatic rings. The quantitative estimate of drug-likeness (QED) is 0.774. The first-order chi connectivity index (χ1) is 13.2. The van der Waals surface area contributed by atoms with Crippen LogP contribution in [0.25, 0.3) is 11.3 Å². The van der Waals surface area contributed by atoms with E-state index in [9.17, 15) is 9.59 Å². The normalized spacial score (nSPS) is 14.2. The Balaban J connectivity index is 1.39. The van der Waals surface area contributed by atoms with Crippen molar-refractivity contribution in [1.82, 2.24) is 25.0 Å². The van der Waals surface area contributed by atoms with Crippen molar-refractivity contribution >= 4 is 11.8 Å². The Hall–Kier alpha value is -3.48. The van der Waals surface area contributed by atoms with Gasteiger partial charge in [-0.3, -0.25) is 19.7 Å². The van der Waals surface area contributed by atoms with Crippen LogP contribution in [0, 0.1) is 0 Å². The maximum absolute atomic E-state index is 12.7. The maximum Gasteiger partial charge on any atom is 0.272 e. The summed E-state index contributed by atoms with van der Waals surface area (Å²) in [6, 6.07) is 15.0. The molecule has 0 unspecified atom stereocenters. The van der Waals surface area contributed by atoms with Gasteiger partial charge in [0.15, 0.2) is 0 Å². The third-order valence-corrected chi connectivity index (χ3v) is 4.64. The van der Waals surface area contributed by atoms with E-state index < -0.39 is 0 Å². The third-order valence-electron chi connectivity index (χ3n) is 4.64. The topological polar surface area (TPSA) is 82.2 Å². The van der Waals surface area contributed by atoms with Gasteiger partial charge in [0, 0.05) is 44.1 Å². The maximum atomic E-state index is 12.7. The first-order valence-electron chi connectivity index (χ1n) is 8.82. The highest BCUT2D eigenvalue weighted by atomic mass is 16.2. The number of carbonyl (C=O) groups is 2. The molecule has 0 spiro atoms. The Labute approximate surface area is 156 Å².